The number of hydrogen-bond acceptors (Lipinski definition) is 2. The van der Waals surface area contributed by atoms with Crippen molar-refractivity contribution < 1.29 is 9.18 Å². The molecular weight excluding hydrogens is 243 g/mol. The van der Waals surface area contributed by atoms with Gasteiger partial charge >= 0.3 is 0 Å². The molecule has 0 spiro atoms. The first-order chi connectivity index (χ1) is 8.97. The molecule has 1 fully saturated rings. The van der Waals surface area contributed by atoms with Crippen LogP contribution in [0.25, 0.3) is 0 Å². The van der Waals surface area contributed by atoms with Crippen molar-refractivity contribution in [3.63, 3.8) is 0 Å². The van der Waals surface area contributed by atoms with Crippen molar-refractivity contribution in [2.75, 3.05) is 0 Å². The minimum Gasteiger partial charge on any atom is -0.349 e. The first kappa shape index (κ1) is 14.0. The lowest BCUT2D eigenvalue weighted by atomic mass is 10.0. The highest BCUT2D eigenvalue weighted by molar-refractivity contribution is 5.79. The van der Waals surface area contributed by atoms with Gasteiger partial charge in [-0.15, -0.1) is 0 Å². The van der Waals surface area contributed by atoms with Crippen LogP contribution in [0.3, 0.4) is 0 Å². The highest BCUT2D eigenvalue weighted by Gasteiger charge is 2.28. The molecule has 1 amide bonds. The van der Waals surface area contributed by atoms with Crippen molar-refractivity contribution in [3.8, 4) is 0 Å². The van der Waals surface area contributed by atoms with Crippen LogP contribution >= 0.6 is 0 Å². The van der Waals surface area contributed by atoms with Crippen LogP contribution in [0.1, 0.15) is 43.4 Å². The van der Waals surface area contributed by atoms with Gasteiger partial charge in [-0.3, -0.25) is 4.79 Å². The van der Waals surface area contributed by atoms with Crippen molar-refractivity contribution in [2.24, 2.45) is 11.7 Å². The topological polar surface area (TPSA) is 55.1 Å². The van der Waals surface area contributed by atoms with E-state index in [0.717, 1.165) is 24.8 Å². The molecule has 1 aromatic carbocycles. The second kappa shape index (κ2) is 5.70. The Morgan fingerprint density at radius 2 is 2.21 bits per heavy atom. The monoisotopic (exact) mass is 264 g/mol. The molecule has 0 saturated heterocycles. The number of rotatable bonds is 3. The summed E-state index contributed by atoms with van der Waals surface area (Å²) < 4.78 is 13.5. The molecular formula is C15H21FN2O. The normalized spacial score (nSPS) is 24.2. The van der Waals surface area contributed by atoms with Gasteiger partial charge in [0, 0.05) is 12.0 Å². The second-order valence-corrected chi connectivity index (χ2v) is 5.51. The Labute approximate surface area is 113 Å². The number of benzene rings is 1. The lowest BCUT2D eigenvalue weighted by Crippen LogP contribution is -2.32. The largest absolute Gasteiger partial charge is 0.349 e. The fourth-order valence-electron chi connectivity index (χ4n) is 2.55. The van der Waals surface area contributed by atoms with Gasteiger partial charge in [0.1, 0.15) is 5.82 Å². The zero-order chi connectivity index (χ0) is 14.0. The standard InChI is InChI=1S/C15H21FN2O/c1-9-3-4-11(8-14(9)16)10(2)18-15(19)12-5-6-13(17)7-12/h3-4,8,10,12-13H,5-7,17H2,1-2H3,(H,18,19). The van der Waals surface area contributed by atoms with E-state index >= 15 is 0 Å². The van der Waals surface area contributed by atoms with Crippen LogP contribution in [0.15, 0.2) is 18.2 Å². The molecule has 3 N–H and O–H groups in total. The van der Waals surface area contributed by atoms with Gasteiger partial charge < -0.3 is 11.1 Å². The van der Waals surface area contributed by atoms with E-state index in [2.05, 4.69) is 5.32 Å². The Balaban J connectivity index is 1.98. The van der Waals surface area contributed by atoms with E-state index in [0.29, 0.717) is 5.56 Å². The molecule has 3 nitrogen and oxygen atoms in total. The molecule has 1 aliphatic carbocycles. The van der Waals surface area contributed by atoms with Gasteiger partial charge in [0.2, 0.25) is 5.91 Å². The molecule has 0 aromatic heterocycles. The average Bonchev–Trinajstić information content (AvgIpc) is 2.79. The number of carbonyl (C=O) groups is 1. The maximum Gasteiger partial charge on any atom is 0.223 e. The highest BCUT2D eigenvalue weighted by Crippen LogP contribution is 2.25. The van der Waals surface area contributed by atoms with E-state index in [4.69, 9.17) is 5.73 Å². The predicted octanol–water partition coefficient (Wildman–Crippen LogP) is 2.44. The third kappa shape index (κ3) is 3.32. The third-order valence-corrected chi connectivity index (χ3v) is 3.90. The maximum absolute atomic E-state index is 13.5. The van der Waals surface area contributed by atoms with Crippen LogP contribution in [-0.4, -0.2) is 11.9 Å². The SMILES string of the molecule is Cc1ccc(C(C)NC(=O)C2CCC(N)C2)cc1F. The Hall–Kier alpha value is -1.42. The summed E-state index contributed by atoms with van der Waals surface area (Å²) in [5.41, 5.74) is 7.22. The van der Waals surface area contributed by atoms with Crippen molar-refractivity contribution >= 4 is 5.91 Å². The number of amides is 1. The number of halogens is 1. The van der Waals surface area contributed by atoms with Crippen LogP contribution in [-0.2, 0) is 4.79 Å². The number of nitrogens with one attached hydrogen (secondary N) is 1. The Morgan fingerprint density at radius 1 is 1.47 bits per heavy atom. The Kier molecular flexibility index (Phi) is 4.20. The van der Waals surface area contributed by atoms with E-state index in [1.54, 1.807) is 13.0 Å². The molecule has 1 saturated carbocycles. The fraction of sp³-hybridized carbons (Fsp3) is 0.533. The van der Waals surface area contributed by atoms with E-state index in [9.17, 15) is 9.18 Å². The van der Waals surface area contributed by atoms with Crippen molar-refractivity contribution in [1.82, 2.24) is 5.32 Å². The number of aryl methyl sites for hydroxylation is 1. The van der Waals surface area contributed by atoms with E-state index < -0.39 is 0 Å². The molecule has 0 bridgehead atoms. The predicted molar refractivity (Wildman–Crippen MR) is 73.0 cm³/mol. The number of carbonyl (C=O) groups excluding carboxylic acids is 1. The molecule has 1 aromatic rings. The molecule has 0 heterocycles. The average molecular weight is 264 g/mol. The van der Waals surface area contributed by atoms with Gasteiger partial charge in [-0.2, -0.15) is 0 Å². The summed E-state index contributed by atoms with van der Waals surface area (Å²) in [4.78, 5) is 12.1. The Bertz CT molecular complexity index is 475. The van der Waals surface area contributed by atoms with Gasteiger partial charge in [-0.1, -0.05) is 12.1 Å². The van der Waals surface area contributed by atoms with Crippen molar-refractivity contribution in [3.05, 3.63) is 35.1 Å². The van der Waals surface area contributed by atoms with Gasteiger partial charge in [-0.25, -0.2) is 4.39 Å². The maximum atomic E-state index is 13.5. The lowest BCUT2D eigenvalue weighted by molar-refractivity contribution is -0.125. The van der Waals surface area contributed by atoms with Gasteiger partial charge in [0.15, 0.2) is 0 Å². The zero-order valence-electron chi connectivity index (χ0n) is 11.4. The van der Waals surface area contributed by atoms with Crippen molar-refractivity contribution in [1.29, 1.82) is 0 Å². The van der Waals surface area contributed by atoms with Crippen LogP contribution in [0.4, 0.5) is 4.39 Å². The molecule has 0 aliphatic heterocycles. The molecule has 19 heavy (non-hydrogen) atoms. The molecule has 2 rings (SSSR count). The van der Waals surface area contributed by atoms with Gasteiger partial charge in [0.25, 0.3) is 0 Å². The third-order valence-electron chi connectivity index (χ3n) is 3.90. The summed E-state index contributed by atoms with van der Waals surface area (Å²) in [6.07, 6.45) is 2.51. The molecule has 3 unspecified atom stereocenters. The summed E-state index contributed by atoms with van der Waals surface area (Å²) in [7, 11) is 0. The fourth-order valence-corrected chi connectivity index (χ4v) is 2.55. The minimum absolute atomic E-state index is 0.00717. The second-order valence-electron chi connectivity index (χ2n) is 5.51. The van der Waals surface area contributed by atoms with Gasteiger partial charge in [0.05, 0.1) is 6.04 Å². The van der Waals surface area contributed by atoms with Gasteiger partial charge in [-0.05, 0) is 50.3 Å². The first-order valence-corrected chi connectivity index (χ1v) is 6.79. The van der Waals surface area contributed by atoms with E-state index in [1.807, 2.05) is 13.0 Å². The number of hydrogen-bond donors (Lipinski definition) is 2. The molecule has 104 valence electrons. The quantitative estimate of drug-likeness (QED) is 0.881. The zero-order valence-corrected chi connectivity index (χ0v) is 11.4. The lowest BCUT2D eigenvalue weighted by Gasteiger charge is -2.18. The van der Waals surface area contributed by atoms with Crippen LogP contribution in [0.5, 0.6) is 0 Å². The number of nitrogens with two attached hydrogens (primary N) is 1. The van der Waals surface area contributed by atoms with Crippen molar-refractivity contribution in [2.45, 2.75) is 45.2 Å². The first-order valence-electron chi connectivity index (χ1n) is 6.79. The summed E-state index contributed by atoms with van der Waals surface area (Å²) >= 11 is 0. The molecule has 4 heteroatoms. The van der Waals surface area contributed by atoms with Crippen LogP contribution in [0.2, 0.25) is 0 Å². The van der Waals surface area contributed by atoms with E-state index in [-0.39, 0.29) is 29.7 Å². The summed E-state index contributed by atoms with van der Waals surface area (Å²) in [6.45, 7) is 3.60. The molecule has 3 atom stereocenters. The molecule has 1 aliphatic rings. The summed E-state index contributed by atoms with van der Waals surface area (Å²) in [5.74, 6) is -0.198. The Morgan fingerprint density at radius 3 is 2.79 bits per heavy atom. The molecule has 0 radical (unpaired) electrons. The minimum atomic E-state index is -0.235. The van der Waals surface area contributed by atoms with E-state index in [1.165, 1.54) is 6.07 Å². The summed E-state index contributed by atoms with van der Waals surface area (Å²) in [6, 6.07) is 5.03. The smallest absolute Gasteiger partial charge is 0.223 e. The summed E-state index contributed by atoms with van der Waals surface area (Å²) in [5, 5.41) is 2.94. The highest BCUT2D eigenvalue weighted by atomic mass is 19.1. The van der Waals surface area contributed by atoms with Crippen LogP contribution in [0, 0.1) is 18.7 Å². The van der Waals surface area contributed by atoms with Crippen LogP contribution < -0.4 is 11.1 Å².